The van der Waals surface area contributed by atoms with Crippen LogP contribution in [-0.4, -0.2) is 21.8 Å². The Morgan fingerprint density at radius 2 is 2.00 bits per heavy atom. The lowest BCUT2D eigenvalue weighted by Crippen LogP contribution is -2.31. The highest BCUT2D eigenvalue weighted by Crippen LogP contribution is 2.30. The number of hydrogen-bond donors (Lipinski definition) is 1. The quantitative estimate of drug-likeness (QED) is 0.674. The summed E-state index contributed by atoms with van der Waals surface area (Å²) in [6.45, 7) is 0. The molecule has 0 unspecified atom stereocenters. The molecule has 3 rings (SSSR count). The summed E-state index contributed by atoms with van der Waals surface area (Å²) in [6.07, 6.45) is 1.42. The Balaban J connectivity index is 2.18. The molecular formula is C14H8FN3O2S. The number of nitrogens with zero attached hydrogens (tertiary/aromatic N) is 2. The lowest BCUT2D eigenvalue weighted by atomic mass is 10.1. The Morgan fingerprint density at radius 1 is 1.24 bits per heavy atom. The SMILES string of the molecule is NC(=S)c1cc(F)ccc1N1C(=O)c2cccnc2C1=O. The van der Waals surface area contributed by atoms with Crippen LogP contribution < -0.4 is 10.6 Å². The van der Waals surface area contributed by atoms with Crippen LogP contribution >= 0.6 is 12.2 Å². The second-order valence-corrected chi connectivity index (χ2v) is 4.81. The van der Waals surface area contributed by atoms with Gasteiger partial charge in [-0.2, -0.15) is 0 Å². The van der Waals surface area contributed by atoms with E-state index in [1.807, 2.05) is 0 Å². The molecule has 2 amide bonds. The Morgan fingerprint density at radius 3 is 2.67 bits per heavy atom. The molecule has 1 aliphatic rings. The van der Waals surface area contributed by atoms with E-state index in [-0.39, 0.29) is 27.5 Å². The number of carbonyl (C=O) groups excluding carboxylic acids is 2. The molecule has 2 heterocycles. The predicted molar refractivity (Wildman–Crippen MR) is 77.7 cm³/mol. The maximum absolute atomic E-state index is 13.3. The Hall–Kier alpha value is -2.67. The van der Waals surface area contributed by atoms with Gasteiger partial charge in [0.05, 0.1) is 11.3 Å². The number of benzene rings is 1. The van der Waals surface area contributed by atoms with E-state index in [0.29, 0.717) is 0 Å². The first kappa shape index (κ1) is 13.3. The lowest BCUT2D eigenvalue weighted by molar-refractivity contribution is 0.0924. The van der Waals surface area contributed by atoms with Crippen molar-refractivity contribution in [3.63, 3.8) is 0 Å². The number of fused-ring (bicyclic) bond motifs is 1. The second kappa shape index (κ2) is 4.71. The zero-order valence-corrected chi connectivity index (χ0v) is 11.4. The van der Waals surface area contributed by atoms with E-state index in [0.717, 1.165) is 17.0 Å². The summed E-state index contributed by atoms with van der Waals surface area (Å²) in [7, 11) is 0. The number of nitrogens with two attached hydrogens (primary N) is 1. The normalized spacial score (nSPS) is 13.5. The van der Waals surface area contributed by atoms with E-state index in [1.54, 1.807) is 6.07 Å². The van der Waals surface area contributed by atoms with Gasteiger partial charge in [0.25, 0.3) is 11.8 Å². The van der Waals surface area contributed by atoms with Crippen LogP contribution in [0.4, 0.5) is 10.1 Å². The van der Waals surface area contributed by atoms with Crippen molar-refractivity contribution in [1.29, 1.82) is 0 Å². The van der Waals surface area contributed by atoms with Crippen LogP contribution in [0.1, 0.15) is 26.4 Å². The number of anilines is 1. The van der Waals surface area contributed by atoms with Gasteiger partial charge in [-0.05, 0) is 30.3 Å². The average Bonchev–Trinajstić information content (AvgIpc) is 2.72. The first-order chi connectivity index (χ1) is 10.0. The molecule has 0 saturated carbocycles. The van der Waals surface area contributed by atoms with E-state index in [1.165, 1.54) is 18.3 Å². The molecule has 0 fully saturated rings. The number of imide groups is 1. The van der Waals surface area contributed by atoms with Crippen molar-refractivity contribution in [1.82, 2.24) is 4.98 Å². The lowest BCUT2D eigenvalue weighted by Gasteiger charge is -2.17. The van der Waals surface area contributed by atoms with Crippen LogP contribution in [0.3, 0.4) is 0 Å². The van der Waals surface area contributed by atoms with Gasteiger partial charge in [-0.3, -0.25) is 14.6 Å². The Bertz CT molecular complexity index is 772. The van der Waals surface area contributed by atoms with Crippen molar-refractivity contribution in [3.8, 4) is 0 Å². The van der Waals surface area contributed by atoms with Gasteiger partial charge in [-0.1, -0.05) is 12.2 Å². The van der Waals surface area contributed by atoms with Gasteiger partial charge in [-0.15, -0.1) is 0 Å². The van der Waals surface area contributed by atoms with Crippen LogP contribution in [0.5, 0.6) is 0 Å². The Labute approximate surface area is 124 Å². The third-order valence-electron chi connectivity index (χ3n) is 3.11. The summed E-state index contributed by atoms with van der Waals surface area (Å²) in [5, 5.41) is 0. The highest BCUT2D eigenvalue weighted by Gasteiger charge is 2.38. The third-order valence-corrected chi connectivity index (χ3v) is 3.33. The van der Waals surface area contributed by atoms with Crippen molar-refractivity contribution in [3.05, 3.63) is 59.2 Å². The highest BCUT2D eigenvalue weighted by molar-refractivity contribution is 7.80. The Kier molecular flexibility index (Phi) is 2.99. The highest BCUT2D eigenvalue weighted by atomic mass is 32.1. The maximum atomic E-state index is 13.3. The van der Waals surface area contributed by atoms with Crippen LogP contribution in [-0.2, 0) is 0 Å². The van der Waals surface area contributed by atoms with Gasteiger partial charge in [0, 0.05) is 11.8 Å². The number of thiocarbonyl (C=S) groups is 1. The smallest absolute Gasteiger partial charge is 0.284 e. The molecule has 1 aromatic carbocycles. The molecule has 0 spiro atoms. The number of hydrogen-bond acceptors (Lipinski definition) is 4. The maximum Gasteiger partial charge on any atom is 0.284 e. The molecule has 0 saturated heterocycles. The standard InChI is InChI=1S/C14H8FN3O2S/c15-7-3-4-10(9(6-7)12(16)21)18-13(19)8-2-1-5-17-11(8)14(18)20/h1-6H,(H2,16,21). The van der Waals surface area contributed by atoms with Gasteiger partial charge in [0.1, 0.15) is 16.5 Å². The average molecular weight is 301 g/mol. The molecule has 1 aliphatic heterocycles. The number of amides is 2. The molecular weight excluding hydrogens is 293 g/mol. The minimum atomic E-state index is -0.584. The number of halogens is 1. The van der Waals surface area contributed by atoms with Crippen LogP contribution in [0.15, 0.2) is 36.5 Å². The predicted octanol–water partition coefficient (Wildman–Crippen LogP) is 1.66. The summed E-state index contributed by atoms with van der Waals surface area (Å²) in [6, 6.07) is 6.59. The molecule has 1 aromatic heterocycles. The number of pyridine rings is 1. The first-order valence-corrected chi connectivity index (χ1v) is 6.34. The summed E-state index contributed by atoms with van der Waals surface area (Å²) >= 11 is 4.85. The van der Waals surface area contributed by atoms with Gasteiger partial charge >= 0.3 is 0 Å². The molecule has 2 aromatic rings. The fourth-order valence-corrected chi connectivity index (χ4v) is 2.35. The van der Waals surface area contributed by atoms with Crippen molar-refractivity contribution < 1.29 is 14.0 Å². The fraction of sp³-hybridized carbons (Fsp3) is 0. The monoisotopic (exact) mass is 301 g/mol. The van der Waals surface area contributed by atoms with Crippen LogP contribution in [0.2, 0.25) is 0 Å². The summed E-state index contributed by atoms with van der Waals surface area (Å²) in [5.74, 6) is -1.68. The van der Waals surface area contributed by atoms with E-state index in [9.17, 15) is 14.0 Å². The zero-order chi connectivity index (χ0) is 15.1. The third kappa shape index (κ3) is 1.98. The second-order valence-electron chi connectivity index (χ2n) is 4.37. The fourth-order valence-electron chi connectivity index (χ4n) is 2.19. The van der Waals surface area contributed by atoms with E-state index >= 15 is 0 Å². The van der Waals surface area contributed by atoms with Gasteiger partial charge in [-0.25, -0.2) is 9.29 Å². The number of rotatable bonds is 2. The van der Waals surface area contributed by atoms with Crippen LogP contribution in [0.25, 0.3) is 0 Å². The molecule has 0 aliphatic carbocycles. The van der Waals surface area contributed by atoms with Crippen molar-refractivity contribution in [2.45, 2.75) is 0 Å². The molecule has 0 atom stereocenters. The molecule has 0 radical (unpaired) electrons. The first-order valence-electron chi connectivity index (χ1n) is 5.94. The molecule has 7 heteroatoms. The molecule has 104 valence electrons. The van der Waals surface area contributed by atoms with Crippen molar-refractivity contribution in [2.75, 3.05) is 4.90 Å². The largest absolute Gasteiger partial charge is 0.389 e. The van der Waals surface area contributed by atoms with E-state index in [4.69, 9.17) is 18.0 Å². The van der Waals surface area contributed by atoms with Crippen molar-refractivity contribution >= 4 is 34.7 Å². The van der Waals surface area contributed by atoms with Gasteiger partial charge < -0.3 is 5.73 Å². The zero-order valence-electron chi connectivity index (χ0n) is 10.5. The molecule has 21 heavy (non-hydrogen) atoms. The molecule has 5 nitrogen and oxygen atoms in total. The molecule has 2 N–H and O–H groups in total. The summed E-state index contributed by atoms with van der Waals surface area (Å²) in [4.78, 5) is 29.4. The van der Waals surface area contributed by atoms with Gasteiger partial charge in [0.2, 0.25) is 0 Å². The van der Waals surface area contributed by atoms with E-state index < -0.39 is 17.6 Å². The van der Waals surface area contributed by atoms with Gasteiger partial charge in [0.15, 0.2) is 0 Å². The number of carbonyl (C=O) groups is 2. The molecule has 0 bridgehead atoms. The van der Waals surface area contributed by atoms with Crippen molar-refractivity contribution in [2.24, 2.45) is 5.73 Å². The minimum absolute atomic E-state index is 0.0562. The minimum Gasteiger partial charge on any atom is -0.389 e. The van der Waals surface area contributed by atoms with E-state index in [2.05, 4.69) is 4.98 Å². The summed E-state index contributed by atoms with van der Waals surface area (Å²) < 4.78 is 13.3. The topological polar surface area (TPSA) is 76.3 Å². The number of aromatic nitrogens is 1. The van der Waals surface area contributed by atoms with Crippen LogP contribution in [0, 0.1) is 5.82 Å². The summed E-state index contributed by atoms with van der Waals surface area (Å²) in [5.41, 5.74) is 6.07.